The van der Waals surface area contributed by atoms with Crippen LogP contribution in [0.4, 0.5) is 5.82 Å². The highest BCUT2D eigenvalue weighted by atomic mass is 15.3. The molecule has 0 aromatic carbocycles. The Morgan fingerprint density at radius 3 is 2.84 bits per heavy atom. The highest BCUT2D eigenvalue weighted by Gasteiger charge is 2.22. The molecule has 0 spiro atoms. The van der Waals surface area contributed by atoms with E-state index in [1.54, 1.807) is 0 Å². The lowest BCUT2D eigenvalue weighted by Gasteiger charge is -2.34. The number of hydrogen-bond acceptors (Lipinski definition) is 5. The van der Waals surface area contributed by atoms with E-state index in [2.05, 4.69) is 55.4 Å². The van der Waals surface area contributed by atoms with Gasteiger partial charge in [-0.2, -0.15) is 5.10 Å². The Balaban J connectivity index is 1.19. The molecule has 6 nitrogen and oxygen atoms in total. The largest absolute Gasteiger partial charge is 0.370 e. The maximum atomic E-state index is 4.56. The van der Waals surface area contributed by atoms with E-state index in [0.29, 0.717) is 12.0 Å². The Morgan fingerprint density at radius 1 is 1.24 bits per heavy atom. The Labute approximate surface area is 149 Å². The van der Waals surface area contributed by atoms with Crippen LogP contribution in [0.25, 0.3) is 0 Å². The van der Waals surface area contributed by atoms with Gasteiger partial charge in [0.15, 0.2) is 0 Å². The van der Waals surface area contributed by atoms with Crippen molar-refractivity contribution in [1.82, 2.24) is 25.0 Å². The van der Waals surface area contributed by atoms with Gasteiger partial charge >= 0.3 is 0 Å². The van der Waals surface area contributed by atoms with Gasteiger partial charge in [0, 0.05) is 56.6 Å². The van der Waals surface area contributed by atoms with Crippen LogP contribution in [0.15, 0.2) is 30.6 Å². The summed E-state index contributed by atoms with van der Waals surface area (Å²) in [4.78, 5) is 6.64. The summed E-state index contributed by atoms with van der Waals surface area (Å²) in [6.07, 6.45) is 6.23. The van der Waals surface area contributed by atoms with Gasteiger partial charge in [0.25, 0.3) is 0 Å². The molecule has 2 aliphatic rings. The van der Waals surface area contributed by atoms with Gasteiger partial charge < -0.3 is 10.6 Å². The number of aromatic nitrogens is 3. The summed E-state index contributed by atoms with van der Waals surface area (Å²) in [5, 5.41) is 11.9. The number of rotatable bonds is 5. The van der Waals surface area contributed by atoms with Crippen LogP contribution in [0.3, 0.4) is 0 Å². The van der Waals surface area contributed by atoms with E-state index >= 15 is 0 Å². The second kappa shape index (κ2) is 7.54. The lowest BCUT2D eigenvalue weighted by atomic mass is 10.0. The Hall–Kier alpha value is -1.92. The summed E-state index contributed by atoms with van der Waals surface area (Å²) in [6.45, 7) is 8.57. The summed E-state index contributed by atoms with van der Waals surface area (Å²) < 4.78 is 2.11. The van der Waals surface area contributed by atoms with Crippen LogP contribution in [0.2, 0.25) is 0 Å². The predicted molar refractivity (Wildman–Crippen MR) is 99.5 cm³/mol. The molecule has 2 aromatic heterocycles. The van der Waals surface area contributed by atoms with E-state index in [4.69, 9.17) is 0 Å². The number of piperidine rings is 1. The number of fused-ring (bicyclic) bond motifs is 1. The topological polar surface area (TPSA) is 58.0 Å². The SMILES string of the molecule is Cc1cc2n(n1)C[C@@H](CNC1CCN(Cc3ccncc3)CC1)CN2. The monoisotopic (exact) mass is 340 g/mol. The molecule has 0 radical (unpaired) electrons. The van der Waals surface area contributed by atoms with Crippen molar-refractivity contribution in [2.24, 2.45) is 5.92 Å². The van der Waals surface area contributed by atoms with E-state index in [-0.39, 0.29) is 0 Å². The zero-order valence-corrected chi connectivity index (χ0v) is 15.0. The number of nitrogens with one attached hydrogen (secondary N) is 2. The molecule has 1 fully saturated rings. The van der Waals surface area contributed by atoms with Crippen LogP contribution in [0.1, 0.15) is 24.1 Å². The Kier molecular flexibility index (Phi) is 4.99. The Bertz CT molecular complexity index is 674. The van der Waals surface area contributed by atoms with E-state index in [1.807, 2.05) is 12.4 Å². The van der Waals surface area contributed by atoms with Crippen molar-refractivity contribution in [3.8, 4) is 0 Å². The number of anilines is 1. The third kappa shape index (κ3) is 4.19. The van der Waals surface area contributed by atoms with Gasteiger partial charge in [0.2, 0.25) is 0 Å². The van der Waals surface area contributed by atoms with Crippen molar-refractivity contribution >= 4 is 5.82 Å². The second-order valence-electron chi connectivity index (χ2n) is 7.41. The van der Waals surface area contributed by atoms with Crippen LogP contribution in [-0.2, 0) is 13.1 Å². The normalized spacial score (nSPS) is 21.7. The van der Waals surface area contributed by atoms with Crippen LogP contribution in [-0.4, -0.2) is 51.9 Å². The van der Waals surface area contributed by atoms with Crippen LogP contribution in [0, 0.1) is 12.8 Å². The maximum absolute atomic E-state index is 4.56. The summed E-state index contributed by atoms with van der Waals surface area (Å²) in [7, 11) is 0. The smallest absolute Gasteiger partial charge is 0.124 e. The van der Waals surface area contributed by atoms with Gasteiger partial charge in [-0.25, -0.2) is 4.68 Å². The van der Waals surface area contributed by atoms with Crippen molar-refractivity contribution in [3.05, 3.63) is 41.9 Å². The quantitative estimate of drug-likeness (QED) is 0.870. The fraction of sp³-hybridized carbons (Fsp3) is 0.579. The average Bonchev–Trinajstić information content (AvgIpc) is 3.01. The standard InChI is InChI=1S/C19H28N6/c1-15-10-19-22-12-17(14-25(19)23-15)11-21-18-4-8-24(9-5-18)13-16-2-6-20-7-3-16/h2-3,6-7,10,17-18,21-22H,4-5,8-9,11-14H2,1H3/t17-/m0/s1. The van der Waals surface area contributed by atoms with Gasteiger partial charge in [-0.05, 0) is 50.6 Å². The van der Waals surface area contributed by atoms with Crippen molar-refractivity contribution in [3.63, 3.8) is 0 Å². The third-order valence-corrected chi connectivity index (χ3v) is 5.34. The molecule has 0 unspecified atom stereocenters. The molecule has 134 valence electrons. The van der Waals surface area contributed by atoms with Gasteiger partial charge in [0.1, 0.15) is 5.82 Å². The summed E-state index contributed by atoms with van der Waals surface area (Å²) in [5.74, 6) is 1.78. The molecule has 2 aliphatic heterocycles. The molecule has 4 heterocycles. The van der Waals surface area contributed by atoms with Crippen LogP contribution < -0.4 is 10.6 Å². The first kappa shape index (κ1) is 16.5. The molecule has 2 N–H and O–H groups in total. The second-order valence-corrected chi connectivity index (χ2v) is 7.41. The zero-order valence-electron chi connectivity index (χ0n) is 15.0. The van der Waals surface area contributed by atoms with Gasteiger partial charge in [-0.1, -0.05) is 0 Å². The first-order chi connectivity index (χ1) is 12.3. The minimum absolute atomic E-state index is 0.613. The van der Waals surface area contributed by atoms with Crippen molar-refractivity contribution in [1.29, 1.82) is 0 Å². The maximum Gasteiger partial charge on any atom is 0.124 e. The van der Waals surface area contributed by atoms with Gasteiger partial charge in [0.05, 0.1) is 5.69 Å². The number of likely N-dealkylation sites (tertiary alicyclic amines) is 1. The van der Waals surface area contributed by atoms with E-state index in [1.165, 1.54) is 31.5 Å². The van der Waals surface area contributed by atoms with Crippen molar-refractivity contribution in [2.45, 2.75) is 38.9 Å². The molecule has 0 bridgehead atoms. The first-order valence-electron chi connectivity index (χ1n) is 9.39. The fourth-order valence-corrected chi connectivity index (χ4v) is 3.90. The fourth-order valence-electron chi connectivity index (χ4n) is 3.90. The summed E-state index contributed by atoms with van der Waals surface area (Å²) in [6, 6.07) is 7.01. The van der Waals surface area contributed by atoms with Crippen molar-refractivity contribution in [2.75, 3.05) is 31.5 Å². The molecular weight excluding hydrogens is 312 g/mol. The lowest BCUT2D eigenvalue weighted by molar-refractivity contribution is 0.186. The average molecular weight is 340 g/mol. The molecular formula is C19H28N6. The molecule has 0 saturated carbocycles. The van der Waals surface area contributed by atoms with Crippen LogP contribution in [0.5, 0.6) is 0 Å². The molecule has 2 aromatic rings. The molecule has 0 amide bonds. The van der Waals surface area contributed by atoms with E-state index in [9.17, 15) is 0 Å². The predicted octanol–water partition coefficient (Wildman–Crippen LogP) is 1.88. The minimum atomic E-state index is 0.613. The van der Waals surface area contributed by atoms with Crippen molar-refractivity contribution < 1.29 is 0 Å². The molecule has 1 atom stereocenters. The van der Waals surface area contributed by atoms with E-state index < -0.39 is 0 Å². The number of aryl methyl sites for hydroxylation is 1. The lowest BCUT2D eigenvalue weighted by Crippen LogP contribution is -2.45. The van der Waals surface area contributed by atoms with Gasteiger partial charge in [-0.15, -0.1) is 0 Å². The molecule has 6 heteroatoms. The zero-order chi connectivity index (χ0) is 17.1. The summed E-state index contributed by atoms with van der Waals surface area (Å²) >= 11 is 0. The van der Waals surface area contributed by atoms with Gasteiger partial charge in [-0.3, -0.25) is 9.88 Å². The Morgan fingerprint density at radius 2 is 2.04 bits per heavy atom. The van der Waals surface area contributed by atoms with Crippen LogP contribution >= 0.6 is 0 Å². The first-order valence-corrected chi connectivity index (χ1v) is 9.39. The highest BCUT2D eigenvalue weighted by molar-refractivity contribution is 5.38. The number of pyridine rings is 1. The molecule has 25 heavy (non-hydrogen) atoms. The highest BCUT2D eigenvalue weighted by Crippen LogP contribution is 2.19. The molecule has 0 aliphatic carbocycles. The van der Waals surface area contributed by atoms with E-state index in [0.717, 1.165) is 37.7 Å². The molecule has 1 saturated heterocycles. The number of nitrogens with zero attached hydrogens (tertiary/aromatic N) is 4. The summed E-state index contributed by atoms with van der Waals surface area (Å²) in [5.41, 5.74) is 2.46. The minimum Gasteiger partial charge on any atom is -0.370 e. The third-order valence-electron chi connectivity index (χ3n) is 5.34. The molecule has 4 rings (SSSR count). The number of hydrogen-bond donors (Lipinski definition) is 2.